The Morgan fingerprint density at radius 3 is 2.14 bits per heavy atom. The molecule has 0 bridgehead atoms. The molecule has 0 radical (unpaired) electrons. The maximum absolute atomic E-state index is 12.6. The lowest BCUT2D eigenvalue weighted by Crippen LogP contribution is -2.51. The zero-order valence-corrected chi connectivity index (χ0v) is 14.0. The number of nitrogens with two attached hydrogens (primary N) is 1. The van der Waals surface area contributed by atoms with Gasteiger partial charge in [-0.25, -0.2) is 0 Å². The topological polar surface area (TPSA) is 55.1 Å². The largest absolute Gasteiger partial charge is 0.393 e. The molecule has 0 heterocycles. The summed E-state index contributed by atoms with van der Waals surface area (Å²) in [5.41, 5.74) is 6.71. The third-order valence-corrected chi connectivity index (χ3v) is 4.65. The highest BCUT2D eigenvalue weighted by molar-refractivity contribution is 7.80. The third kappa shape index (κ3) is 4.81. The van der Waals surface area contributed by atoms with Gasteiger partial charge in [0.05, 0.1) is 10.9 Å². The SMILES string of the molecule is CCC(CC)(CC)NC(=O)C(Cc1ccccc1)C(N)=S. The van der Waals surface area contributed by atoms with Crippen molar-refractivity contribution in [3.8, 4) is 0 Å². The fraction of sp³-hybridized carbons (Fsp3) is 0.529. The van der Waals surface area contributed by atoms with Crippen molar-refractivity contribution >= 4 is 23.1 Å². The summed E-state index contributed by atoms with van der Waals surface area (Å²) >= 11 is 5.11. The van der Waals surface area contributed by atoms with E-state index < -0.39 is 5.92 Å². The van der Waals surface area contributed by atoms with Crippen molar-refractivity contribution < 1.29 is 4.79 Å². The maximum Gasteiger partial charge on any atom is 0.230 e. The van der Waals surface area contributed by atoms with E-state index in [0.717, 1.165) is 24.8 Å². The fourth-order valence-electron chi connectivity index (χ4n) is 2.54. The van der Waals surface area contributed by atoms with Gasteiger partial charge in [0, 0.05) is 5.54 Å². The van der Waals surface area contributed by atoms with E-state index in [2.05, 4.69) is 26.1 Å². The first-order valence-electron chi connectivity index (χ1n) is 7.63. The molecular weight excluding hydrogens is 280 g/mol. The maximum atomic E-state index is 12.6. The molecule has 1 rings (SSSR count). The van der Waals surface area contributed by atoms with Crippen LogP contribution in [-0.4, -0.2) is 16.4 Å². The summed E-state index contributed by atoms with van der Waals surface area (Å²) in [6.07, 6.45) is 3.26. The molecule has 0 aliphatic carbocycles. The van der Waals surface area contributed by atoms with E-state index in [1.54, 1.807) is 0 Å². The molecule has 1 unspecified atom stereocenters. The van der Waals surface area contributed by atoms with Crippen LogP contribution in [0.2, 0.25) is 0 Å². The molecule has 0 saturated heterocycles. The molecule has 0 aliphatic heterocycles. The minimum Gasteiger partial charge on any atom is -0.393 e. The number of rotatable bonds is 8. The number of carbonyl (C=O) groups excluding carboxylic acids is 1. The van der Waals surface area contributed by atoms with E-state index in [-0.39, 0.29) is 16.4 Å². The summed E-state index contributed by atoms with van der Waals surface area (Å²) < 4.78 is 0. The summed E-state index contributed by atoms with van der Waals surface area (Å²) in [5.74, 6) is -0.511. The summed E-state index contributed by atoms with van der Waals surface area (Å²) in [6.45, 7) is 6.29. The van der Waals surface area contributed by atoms with Gasteiger partial charge in [-0.1, -0.05) is 63.3 Å². The van der Waals surface area contributed by atoms with E-state index in [1.807, 2.05) is 30.3 Å². The Morgan fingerprint density at radius 1 is 1.19 bits per heavy atom. The van der Waals surface area contributed by atoms with Gasteiger partial charge in [-0.2, -0.15) is 0 Å². The third-order valence-electron chi connectivity index (χ3n) is 4.36. The van der Waals surface area contributed by atoms with E-state index in [0.29, 0.717) is 6.42 Å². The lowest BCUT2D eigenvalue weighted by molar-refractivity contribution is -0.125. The molecule has 0 spiro atoms. The first kappa shape index (κ1) is 17.6. The molecule has 0 aromatic heterocycles. The average molecular weight is 306 g/mol. The molecule has 3 N–H and O–H groups in total. The average Bonchev–Trinajstić information content (AvgIpc) is 2.51. The highest BCUT2D eigenvalue weighted by Crippen LogP contribution is 2.21. The summed E-state index contributed by atoms with van der Waals surface area (Å²) in [5, 5.41) is 3.17. The molecule has 0 saturated carbocycles. The monoisotopic (exact) mass is 306 g/mol. The van der Waals surface area contributed by atoms with Crippen LogP contribution in [0.1, 0.15) is 45.6 Å². The van der Waals surface area contributed by atoms with Crippen LogP contribution in [0, 0.1) is 5.92 Å². The first-order chi connectivity index (χ1) is 9.98. The number of benzene rings is 1. The van der Waals surface area contributed by atoms with Gasteiger partial charge in [-0.3, -0.25) is 4.79 Å². The Kier molecular flexibility index (Phi) is 6.82. The zero-order valence-electron chi connectivity index (χ0n) is 13.2. The van der Waals surface area contributed by atoms with Gasteiger partial charge < -0.3 is 11.1 Å². The van der Waals surface area contributed by atoms with Crippen molar-refractivity contribution in [3.63, 3.8) is 0 Å². The summed E-state index contributed by atoms with van der Waals surface area (Å²) in [7, 11) is 0. The highest BCUT2D eigenvalue weighted by Gasteiger charge is 2.30. The minimum absolute atomic E-state index is 0.0584. The highest BCUT2D eigenvalue weighted by atomic mass is 32.1. The standard InChI is InChI=1S/C17H26N2OS/c1-4-17(5-2,6-3)19-16(20)14(15(18)21)12-13-10-8-7-9-11-13/h7-11,14H,4-6,12H2,1-3H3,(H2,18,21)(H,19,20). The first-order valence-corrected chi connectivity index (χ1v) is 8.04. The van der Waals surface area contributed by atoms with E-state index in [1.165, 1.54) is 0 Å². The van der Waals surface area contributed by atoms with Crippen LogP contribution in [0.5, 0.6) is 0 Å². The van der Waals surface area contributed by atoms with Crippen LogP contribution < -0.4 is 11.1 Å². The van der Waals surface area contributed by atoms with Crippen molar-refractivity contribution in [1.82, 2.24) is 5.32 Å². The molecule has 1 aromatic carbocycles. The second-order valence-corrected chi connectivity index (χ2v) is 5.95. The second-order valence-electron chi connectivity index (χ2n) is 5.47. The van der Waals surface area contributed by atoms with Gasteiger partial charge in [-0.15, -0.1) is 0 Å². The number of amides is 1. The molecule has 1 amide bonds. The summed E-state index contributed by atoms with van der Waals surface area (Å²) in [6, 6.07) is 9.85. The van der Waals surface area contributed by atoms with Gasteiger partial charge in [0.15, 0.2) is 0 Å². The molecule has 21 heavy (non-hydrogen) atoms. The van der Waals surface area contributed by atoms with Crippen LogP contribution in [-0.2, 0) is 11.2 Å². The Morgan fingerprint density at radius 2 is 1.71 bits per heavy atom. The molecule has 0 fully saturated rings. The van der Waals surface area contributed by atoms with Gasteiger partial charge in [0.1, 0.15) is 0 Å². The lowest BCUT2D eigenvalue weighted by Gasteiger charge is -2.33. The number of nitrogens with one attached hydrogen (secondary N) is 1. The van der Waals surface area contributed by atoms with Crippen LogP contribution in [0.25, 0.3) is 0 Å². The fourth-order valence-corrected chi connectivity index (χ4v) is 2.73. The normalized spacial score (nSPS) is 12.7. The zero-order chi connectivity index (χ0) is 15.9. The van der Waals surface area contributed by atoms with Gasteiger partial charge in [-0.05, 0) is 31.2 Å². The molecule has 0 aliphatic rings. The molecule has 1 aromatic rings. The molecule has 116 valence electrons. The van der Waals surface area contributed by atoms with E-state index in [9.17, 15) is 4.79 Å². The van der Waals surface area contributed by atoms with Crippen molar-refractivity contribution in [2.75, 3.05) is 0 Å². The predicted octanol–water partition coefficient (Wildman–Crippen LogP) is 3.22. The number of thiocarbonyl (C=S) groups is 1. The smallest absolute Gasteiger partial charge is 0.230 e. The van der Waals surface area contributed by atoms with Crippen molar-refractivity contribution in [2.45, 2.75) is 52.0 Å². The Bertz CT molecular complexity index is 461. The van der Waals surface area contributed by atoms with Gasteiger partial charge >= 0.3 is 0 Å². The van der Waals surface area contributed by atoms with Gasteiger partial charge in [0.2, 0.25) is 5.91 Å². The van der Waals surface area contributed by atoms with E-state index >= 15 is 0 Å². The van der Waals surface area contributed by atoms with Crippen molar-refractivity contribution in [2.24, 2.45) is 11.7 Å². The molecule has 4 heteroatoms. The molecule has 3 nitrogen and oxygen atoms in total. The Hall–Kier alpha value is -1.42. The Labute approximate surface area is 133 Å². The Balaban J connectivity index is 2.86. The quantitative estimate of drug-likeness (QED) is 0.725. The second kappa shape index (κ2) is 8.13. The van der Waals surface area contributed by atoms with Gasteiger partial charge in [0.25, 0.3) is 0 Å². The molecular formula is C17H26N2OS. The number of hydrogen-bond acceptors (Lipinski definition) is 2. The predicted molar refractivity (Wildman–Crippen MR) is 92.2 cm³/mol. The van der Waals surface area contributed by atoms with E-state index in [4.69, 9.17) is 18.0 Å². The van der Waals surface area contributed by atoms with Crippen LogP contribution >= 0.6 is 12.2 Å². The number of carbonyl (C=O) groups is 1. The van der Waals surface area contributed by atoms with Crippen LogP contribution in [0.4, 0.5) is 0 Å². The number of hydrogen-bond donors (Lipinski definition) is 2. The van der Waals surface area contributed by atoms with Crippen molar-refractivity contribution in [3.05, 3.63) is 35.9 Å². The lowest BCUT2D eigenvalue weighted by atomic mass is 9.88. The molecule has 1 atom stereocenters. The summed E-state index contributed by atoms with van der Waals surface area (Å²) in [4.78, 5) is 12.9. The van der Waals surface area contributed by atoms with Crippen molar-refractivity contribution in [1.29, 1.82) is 0 Å². The van der Waals surface area contributed by atoms with Crippen LogP contribution in [0.15, 0.2) is 30.3 Å². The van der Waals surface area contributed by atoms with Crippen LogP contribution in [0.3, 0.4) is 0 Å². The minimum atomic E-state index is -0.452.